The maximum absolute atomic E-state index is 12.6. The van der Waals surface area contributed by atoms with Crippen LogP contribution in [0.4, 0.5) is 0 Å². The third-order valence-corrected chi connectivity index (χ3v) is 3.40. The average molecular weight is 381 g/mol. The number of hydrogen-bond donors (Lipinski definition) is 0. The largest absolute Gasteiger partial charge is 0.292 e. The molecule has 0 aliphatic heterocycles. The van der Waals surface area contributed by atoms with Crippen molar-refractivity contribution in [1.29, 1.82) is 0 Å². The summed E-state index contributed by atoms with van der Waals surface area (Å²) < 4.78 is 2.64. The molecule has 0 aliphatic carbocycles. The van der Waals surface area contributed by atoms with Gasteiger partial charge in [0.2, 0.25) is 0 Å². The molecule has 1 aromatic heterocycles. The van der Waals surface area contributed by atoms with Gasteiger partial charge in [0.15, 0.2) is 5.78 Å². The Hall–Kier alpha value is -1.50. The maximum Gasteiger partial charge on any atom is 0.186 e. The molecule has 4 nitrogen and oxygen atoms in total. The van der Waals surface area contributed by atoms with Gasteiger partial charge in [-0.3, -0.25) is 4.79 Å². The van der Waals surface area contributed by atoms with Crippen LogP contribution in [0.15, 0.2) is 36.9 Å². The number of halogens is 1. The van der Waals surface area contributed by atoms with Crippen LogP contribution in [0.25, 0.3) is 11.8 Å². The molecule has 0 aliphatic rings. The van der Waals surface area contributed by atoms with Gasteiger partial charge in [-0.1, -0.05) is 32.9 Å². The van der Waals surface area contributed by atoms with Gasteiger partial charge in [-0.15, -0.1) is 0 Å². The van der Waals surface area contributed by atoms with E-state index in [-0.39, 0.29) is 5.78 Å². The zero-order valence-electron chi connectivity index (χ0n) is 11.7. The second-order valence-electron chi connectivity index (χ2n) is 5.50. The van der Waals surface area contributed by atoms with Gasteiger partial charge < -0.3 is 0 Å². The first-order chi connectivity index (χ1) is 9.38. The molecule has 0 amide bonds. The van der Waals surface area contributed by atoms with Crippen molar-refractivity contribution in [2.45, 2.75) is 20.8 Å². The molecule has 0 saturated heterocycles. The molecule has 0 bridgehead atoms. The van der Waals surface area contributed by atoms with Crippen molar-refractivity contribution < 1.29 is 4.79 Å². The van der Waals surface area contributed by atoms with E-state index in [1.165, 1.54) is 11.0 Å². The van der Waals surface area contributed by atoms with Crippen LogP contribution in [0.3, 0.4) is 0 Å². The predicted octanol–water partition coefficient (Wildman–Crippen LogP) is 3.50. The molecule has 0 fully saturated rings. The molecule has 0 saturated carbocycles. The quantitative estimate of drug-likeness (QED) is 0.604. The number of rotatable bonds is 3. The summed E-state index contributed by atoms with van der Waals surface area (Å²) >= 11 is 2.25. The van der Waals surface area contributed by atoms with Crippen LogP contribution >= 0.6 is 22.6 Å². The van der Waals surface area contributed by atoms with Crippen LogP contribution in [0.1, 0.15) is 26.3 Å². The Balaban J connectivity index is 2.50. The zero-order valence-corrected chi connectivity index (χ0v) is 13.8. The second-order valence-corrected chi connectivity index (χ2v) is 6.75. The number of carbonyl (C=O) groups excluding carboxylic acids is 1. The first-order valence-corrected chi connectivity index (χ1v) is 7.33. The van der Waals surface area contributed by atoms with Crippen LogP contribution in [0.5, 0.6) is 0 Å². The van der Waals surface area contributed by atoms with Crippen LogP contribution in [0.2, 0.25) is 0 Å². The molecule has 0 N–H and O–H groups in total. The van der Waals surface area contributed by atoms with Crippen molar-refractivity contribution >= 4 is 40.1 Å². The highest BCUT2D eigenvalue weighted by molar-refractivity contribution is 14.1. The summed E-state index contributed by atoms with van der Waals surface area (Å²) in [7, 11) is 0. The highest BCUT2D eigenvalue weighted by Gasteiger charge is 2.26. The molecule has 1 heterocycles. The number of aromatic nitrogens is 3. The minimum Gasteiger partial charge on any atom is -0.292 e. The Labute approximate surface area is 132 Å². The van der Waals surface area contributed by atoms with Gasteiger partial charge in [0.25, 0.3) is 0 Å². The fourth-order valence-corrected chi connectivity index (χ4v) is 2.27. The van der Waals surface area contributed by atoms with Gasteiger partial charge in [-0.05, 0) is 46.4 Å². The molecular formula is C15H16IN3O. The van der Waals surface area contributed by atoms with Gasteiger partial charge in [-0.2, -0.15) is 5.10 Å². The minimum atomic E-state index is -0.473. The molecule has 1 aromatic carbocycles. The lowest BCUT2D eigenvalue weighted by atomic mass is 9.88. The molecule has 0 atom stereocenters. The molecule has 104 valence electrons. The van der Waals surface area contributed by atoms with E-state index >= 15 is 0 Å². The number of carbonyl (C=O) groups is 1. The van der Waals surface area contributed by atoms with Gasteiger partial charge in [-0.25, -0.2) is 9.67 Å². The molecule has 20 heavy (non-hydrogen) atoms. The van der Waals surface area contributed by atoms with E-state index in [2.05, 4.69) is 32.7 Å². The van der Waals surface area contributed by atoms with Crippen molar-refractivity contribution in [3.05, 3.63) is 46.1 Å². The first-order valence-electron chi connectivity index (χ1n) is 6.25. The molecule has 0 unspecified atom stereocenters. The van der Waals surface area contributed by atoms with E-state index in [9.17, 15) is 4.79 Å². The van der Waals surface area contributed by atoms with E-state index in [1.807, 2.05) is 51.1 Å². The monoisotopic (exact) mass is 381 g/mol. The summed E-state index contributed by atoms with van der Waals surface area (Å²) in [5.74, 6) is 0.0295. The fraction of sp³-hybridized carbons (Fsp3) is 0.267. The molecular weight excluding hydrogens is 365 g/mol. The fourth-order valence-electron chi connectivity index (χ4n) is 1.71. The Morgan fingerprint density at radius 2 is 2.10 bits per heavy atom. The molecule has 5 heteroatoms. The van der Waals surface area contributed by atoms with Crippen LogP contribution in [-0.4, -0.2) is 20.5 Å². The summed E-state index contributed by atoms with van der Waals surface area (Å²) in [6.45, 7) is 5.69. The summed E-state index contributed by atoms with van der Waals surface area (Å²) in [6.07, 6.45) is 4.83. The lowest BCUT2D eigenvalue weighted by Gasteiger charge is -2.18. The number of ketones is 1. The maximum atomic E-state index is 12.6. The third kappa shape index (κ3) is 3.53. The van der Waals surface area contributed by atoms with Gasteiger partial charge in [0.1, 0.15) is 18.4 Å². The summed E-state index contributed by atoms with van der Waals surface area (Å²) in [6, 6.07) is 7.97. The predicted molar refractivity (Wildman–Crippen MR) is 87.8 cm³/mol. The average Bonchev–Trinajstić information content (AvgIpc) is 2.87. The summed E-state index contributed by atoms with van der Waals surface area (Å²) in [5.41, 5.74) is 1.02. The highest BCUT2D eigenvalue weighted by Crippen LogP contribution is 2.24. The number of allylic oxidation sites excluding steroid dienone is 1. The van der Waals surface area contributed by atoms with E-state index in [1.54, 1.807) is 6.33 Å². The lowest BCUT2D eigenvalue weighted by molar-refractivity contribution is -0.120. The third-order valence-electron chi connectivity index (χ3n) is 2.73. The molecule has 0 spiro atoms. The SMILES string of the molecule is CC(C)(C)C(=O)/C(=C/c1cccc(I)c1)n1cncn1. The second kappa shape index (κ2) is 5.87. The lowest BCUT2D eigenvalue weighted by Crippen LogP contribution is -2.24. The number of benzene rings is 1. The first kappa shape index (κ1) is 14.9. The van der Waals surface area contributed by atoms with Crippen molar-refractivity contribution in [2.24, 2.45) is 5.41 Å². The van der Waals surface area contributed by atoms with Crippen molar-refractivity contribution in [1.82, 2.24) is 14.8 Å². The van der Waals surface area contributed by atoms with Crippen LogP contribution < -0.4 is 0 Å². The normalized spacial score (nSPS) is 12.5. The van der Waals surface area contributed by atoms with Crippen molar-refractivity contribution in [3.8, 4) is 0 Å². The van der Waals surface area contributed by atoms with Gasteiger partial charge in [0.05, 0.1) is 0 Å². The topological polar surface area (TPSA) is 47.8 Å². The Morgan fingerprint density at radius 3 is 2.65 bits per heavy atom. The van der Waals surface area contributed by atoms with Crippen LogP contribution in [-0.2, 0) is 4.79 Å². The minimum absolute atomic E-state index is 0.0295. The van der Waals surface area contributed by atoms with E-state index in [0.29, 0.717) is 5.70 Å². The summed E-state index contributed by atoms with van der Waals surface area (Å²) in [4.78, 5) is 16.5. The molecule has 2 rings (SSSR count). The Bertz CT molecular complexity index is 639. The number of Topliss-reactive ketones (excluding diaryl/α,β-unsaturated/α-hetero) is 1. The standard InChI is InChI=1S/C15H16IN3O/c1-15(2,3)14(20)13(19-10-17-9-18-19)8-11-5-4-6-12(16)7-11/h4-10H,1-3H3/b13-8-. The Kier molecular flexibility index (Phi) is 4.37. The number of nitrogens with zero attached hydrogens (tertiary/aromatic N) is 3. The number of hydrogen-bond acceptors (Lipinski definition) is 3. The van der Waals surface area contributed by atoms with Crippen LogP contribution in [0, 0.1) is 8.99 Å². The highest BCUT2D eigenvalue weighted by atomic mass is 127. The summed E-state index contributed by atoms with van der Waals surface area (Å²) in [5, 5.41) is 4.08. The molecule has 2 aromatic rings. The van der Waals surface area contributed by atoms with E-state index in [0.717, 1.165) is 9.13 Å². The van der Waals surface area contributed by atoms with Crippen molar-refractivity contribution in [3.63, 3.8) is 0 Å². The van der Waals surface area contributed by atoms with E-state index < -0.39 is 5.41 Å². The van der Waals surface area contributed by atoms with Crippen molar-refractivity contribution in [2.75, 3.05) is 0 Å². The van der Waals surface area contributed by atoms with Gasteiger partial charge in [0, 0.05) is 8.99 Å². The van der Waals surface area contributed by atoms with Gasteiger partial charge >= 0.3 is 0 Å². The zero-order chi connectivity index (χ0) is 14.8. The van der Waals surface area contributed by atoms with E-state index in [4.69, 9.17) is 0 Å². The molecule has 0 radical (unpaired) electrons. The Morgan fingerprint density at radius 1 is 1.35 bits per heavy atom. The smallest absolute Gasteiger partial charge is 0.186 e.